The summed E-state index contributed by atoms with van der Waals surface area (Å²) in [7, 11) is 0. The number of thiazole rings is 1. The quantitative estimate of drug-likeness (QED) is 0.841. The van der Waals surface area contributed by atoms with E-state index in [4.69, 9.17) is 5.73 Å². The Hall–Kier alpha value is -2.42. The molecule has 1 aromatic heterocycles. The Morgan fingerprint density at radius 3 is 2.64 bits per heavy atom. The minimum absolute atomic E-state index is 0.126. The van der Waals surface area contributed by atoms with Crippen molar-refractivity contribution in [1.29, 1.82) is 0 Å². The summed E-state index contributed by atoms with van der Waals surface area (Å²) in [5, 5.41) is 0.583. The summed E-state index contributed by atoms with van der Waals surface area (Å²) in [6.45, 7) is 3.55. The maximum atomic E-state index is 13.2. The van der Waals surface area contributed by atoms with Gasteiger partial charge in [-0.05, 0) is 44.4 Å². The molecule has 2 fully saturated rings. The van der Waals surface area contributed by atoms with Gasteiger partial charge in [-0.25, -0.2) is 4.98 Å². The van der Waals surface area contributed by atoms with Crippen LogP contribution >= 0.6 is 11.3 Å². The van der Waals surface area contributed by atoms with Crippen molar-refractivity contribution in [1.82, 2.24) is 9.88 Å². The highest BCUT2D eigenvalue weighted by Gasteiger charge is 2.68. The van der Waals surface area contributed by atoms with E-state index < -0.39 is 23.1 Å². The summed E-state index contributed by atoms with van der Waals surface area (Å²) in [4.78, 5) is 31.4. The number of piperidine rings is 1. The fraction of sp³-hybridized carbons (Fsp3) is 0.421. The second kappa shape index (κ2) is 6.04. The molecule has 148 valence electrons. The Labute approximate surface area is 163 Å². The molecule has 4 rings (SSSR count). The number of aryl methyl sites for hydroxylation is 1. The lowest BCUT2D eigenvalue weighted by Gasteiger charge is -2.24. The first-order valence-electron chi connectivity index (χ1n) is 8.82. The smallest absolute Gasteiger partial charge is 0.369 e. The second-order valence-corrected chi connectivity index (χ2v) is 8.70. The van der Waals surface area contributed by atoms with Gasteiger partial charge >= 0.3 is 6.18 Å². The number of aromatic nitrogens is 1. The monoisotopic (exact) mass is 409 g/mol. The number of nitrogens with zero attached hydrogens (tertiary/aromatic N) is 2. The molecular formula is C19H18F3N3O2S. The number of likely N-dealkylation sites (tertiary alicyclic amines) is 1. The first-order chi connectivity index (χ1) is 13.0. The average molecular weight is 409 g/mol. The zero-order valence-electron chi connectivity index (χ0n) is 15.2. The van der Waals surface area contributed by atoms with E-state index in [1.807, 2.05) is 6.92 Å². The van der Waals surface area contributed by atoms with Gasteiger partial charge in [0.1, 0.15) is 5.69 Å². The summed E-state index contributed by atoms with van der Waals surface area (Å²) in [5.74, 6) is -0.776. The number of halogens is 3. The number of carbonyl (C=O) groups is 2. The first kappa shape index (κ1) is 18.9. The first-order valence-corrected chi connectivity index (χ1v) is 9.64. The van der Waals surface area contributed by atoms with E-state index in [9.17, 15) is 22.8 Å². The molecule has 2 amide bonds. The number of alkyl halides is 3. The van der Waals surface area contributed by atoms with Crippen molar-refractivity contribution in [2.24, 2.45) is 11.1 Å². The zero-order chi connectivity index (χ0) is 20.4. The lowest BCUT2D eigenvalue weighted by atomic mass is 10.00. The fourth-order valence-electron chi connectivity index (χ4n) is 4.24. The lowest BCUT2D eigenvalue weighted by Crippen LogP contribution is -2.37. The minimum atomic E-state index is -4.47. The van der Waals surface area contributed by atoms with Gasteiger partial charge in [0.2, 0.25) is 5.91 Å². The van der Waals surface area contributed by atoms with Gasteiger partial charge in [0.25, 0.3) is 5.91 Å². The van der Waals surface area contributed by atoms with E-state index in [2.05, 4.69) is 4.98 Å². The number of carbonyl (C=O) groups excluding carboxylic acids is 2. The number of hydrogen-bond donors (Lipinski definition) is 1. The molecule has 5 nitrogen and oxygen atoms in total. The van der Waals surface area contributed by atoms with Crippen molar-refractivity contribution >= 4 is 23.2 Å². The van der Waals surface area contributed by atoms with Gasteiger partial charge in [-0.3, -0.25) is 9.59 Å². The van der Waals surface area contributed by atoms with E-state index in [-0.39, 0.29) is 23.7 Å². The molecule has 1 saturated heterocycles. The molecule has 1 aromatic carbocycles. The Bertz CT molecular complexity index is 987. The number of hydrogen-bond acceptors (Lipinski definition) is 4. The van der Waals surface area contributed by atoms with Crippen LogP contribution < -0.4 is 5.73 Å². The lowest BCUT2D eigenvalue weighted by molar-refractivity contribution is -0.137. The van der Waals surface area contributed by atoms with E-state index in [0.717, 1.165) is 12.1 Å². The second-order valence-electron chi connectivity index (χ2n) is 7.50. The number of amides is 2. The molecule has 0 radical (unpaired) electrons. The predicted octanol–water partition coefficient (Wildman–Crippen LogP) is 3.62. The topological polar surface area (TPSA) is 76.3 Å². The highest BCUT2D eigenvalue weighted by atomic mass is 32.1. The van der Waals surface area contributed by atoms with Crippen LogP contribution in [0.5, 0.6) is 0 Å². The molecule has 0 spiro atoms. The zero-order valence-corrected chi connectivity index (χ0v) is 16.0. The van der Waals surface area contributed by atoms with E-state index in [0.29, 0.717) is 28.3 Å². The van der Waals surface area contributed by atoms with Gasteiger partial charge in [0, 0.05) is 12.1 Å². The molecule has 1 aliphatic carbocycles. The summed E-state index contributed by atoms with van der Waals surface area (Å²) in [6, 6.07) is 4.43. The van der Waals surface area contributed by atoms with E-state index >= 15 is 0 Å². The maximum Gasteiger partial charge on any atom is 0.416 e. The molecule has 2 N–H and O–H groups in total. The van der Waals surface area contributed by atoms with Gasteiger partial charge in [-0.15, -0.1) is 11.3 Å². The highest BCUT2D eigenvalue weighted by molar-refractivity contribution is 7.15. The van der Waals surface area contributed by atoms with E-state index in [1.54, 1.807) is 11.8 Å². The van der Waals surface area contributed by atoms with Crippen molar-refractivity contribution < 1.29 is 22.8 Å². The van der Waals surface area contributed by atoms with Crippen LogP contribution in [0.4, 0.5) is 13.2 Å². The Morgan fingerprint density at radius 2 is 2.04 bits per heavy atom. The van der Waals surface area contributed by atoms with Crippen LogP contribution in [0.25, 0.3) is 10.4 Å². The molecule has 3 atom stereocenters. The number of nitrogens with two attached hydrogens (primary N) is 1. The summed E-state index contributed by atoms with van der Waals surface area (Å²) in [6.07, 6.45) is -3.44. The maximum absolute atomic E-state index is 13.2. The molecular weight excluding hydrogens is 391 g/mol. The third-order valence-electron chi connectivity index (χ3n) is 5.62. The number of rotatable bonds is 3. The average Bonchev–Trinajstić information content (AvgIpc) is 3.05. The third-order valence-corrected chi connectivity index (χ3v) is 6.64. The molecule has 2 heterocycles. The Kier molecular flexibility index (Phi) is 4.08. The minimum Gasteiger partial charge on any atom is -0.369 e. The predicted molar refractivity (Wildman–Crippen MR) is 97.6 cm³/mol. The van der Waals surface area contributed by atoms with E-state index in [1.165, 1.54) is 23.5 Å². The number of primary amides is 1. The van der Waals surface area contributed by atoms with Gasteiger partial charge in [0.15, 0.2) is 0 Å². The van der Waals surface area contributed by atoms with Crippen molar-refractivity contribution in [3.05, 3.63) is 40.5 Å². The van der Waals surface area contributed by atoms with Crippen molar-refractivity contribution in [2.75, 3.05) is 0 Å². The highest BCUT2D eigenvalue weighted by Crippen LogP contribution is 2.59. The normalized spacial score (nSPS) is 26.2. The van der Waals surface area contributed by atoms with Crippen LogP contribution in [0.1, 0.15) is 40.8 Å². The van der Waals surface area contributed by atoms with Crippen molar-refractivity contribution in [3.63, 3.8) is 0 Å². The standard InChI is InChI=1S/C19H18F3N3O2S/c1-9-7-18(17(23)27)8-13(18)25(9)16(26)14-15(28-10(2)24-14)11-4-3-5-12(6-11)19(20,21)22/h3-6,9,13H,7-8H2,1-2H3,(H2,23,27)/t9-,13-,18+/m0/s1. The van der Waals surface area contributed by atoms with Gasteiger partial charge in [-0.2, -0.15) is 13.2 Å². The van der Waals surface area contributed by atoms with Crippen LogP contribution in [-0.2, 0) is 11.0 Å². The molecule has 2 aliphatic rings. The molecule has 2 aromatic rings. The molecule has 0 bridgehead atoms. The third kappa shape index (κ3) is 2.80. The van der Waals surface area contributed by atoms with Crippen LogP contribution in [0.2, 0.25) is 0 Å². The van der Waals surface area contributed by atoms with Crippen molar-refractivity contribution in [2.45, 2.75) is 44.9 Å². The molecule has 0 unspecified atom stereocenters. The van der Waals surface area contributed by atoms with Crippen LogP contribution in [0, 0.1) is 12.3 Å². The molecule has 1 saturated carbocycles. The summed E-state index contributed by atoms with van der Waals surface area (Å²) in [5.41, 5.74) is 4.50. The Morgan fingerprint density at radius 1 is 1.32 bits per heavy atom. The largest absolute Gasteiger partial charge is 0.416 e. The van der Waals surface area contributed by atoms with Crippen molar-refractivity contribution in [3.8, 4) is 10.4 Å². The van der Waals surface area contributed by atoms with Gasteiger partial charge in [-0.1, -0.05) is 12.1 Å². The number of fused-ring (bicyclic) bond motifs is 1. The van der Waals surface area contributed by atoms with Gasteiger partial charge in [0.05, 0.1) is 20.9 Å². The molecule has 1 aliphatic heterocycles. The Balaban J connectivity index is 1.72. The van der Waals surface area contributed by atoms with Crippen LogP contribution in [0.15, 0.2) is 24.3 Å². The molecule has 28 heavy (non-hydrogen) atoms. The van der Waals surface area contributed by atoms with Crippen LogP contribution in [-0.4, -0.2) is 33.8 Å². The summed E-state index contributed by atoms with van der Waals surface area (Å²) < 4.78 is 39.3. The SMILES string of the molecule is Cc1nc(C(=O)N2[C@H]3C[C@]3(C(N)=O)C[C@@H]2C)c(-c2cccc(C(F)(F)F)c2)s1. The van der Waals surface area contributed by atoms with Gasteiger partial charge < -0.3 is 10.6 Å². The fourth-order valence-corrected chi connectivity index (χ4v) is 5.14. The van der Waals surface area contributed by atoms with Crippen LogP contribution in [0.3, 0.4) is 0 Å². The number of benzene rings is 1. The summed E-state index contributed by atoms with van der Waals surface area (Å²) >= 11 is 1.18. The molecule has 9 heteroatoms.